The molecule has 2 N–H and O–H groups in total. The largest absolute Gasteiger partial charge is 0.319 e. The first-order valence-electron chi connectivity index (χ1n) is 4.81. The zero-order valence-corrected chi connectivity index (χ0v) is 10.8. The van der Waals surface area contributed by atoms with Crippen LogP contribution in [0.15, 0.2) is 30.3 Å². The molecule has 1 aromatic carbocycles. The highest BCUT2D eigenvalue weighted by Crippen LogP contribution is 2.27. The summed E-state index contributed by atoms with van der Waals surface area (Å²) in [7, 11) is 0. The maximum Gasteiger partial charge on any atom is 0.191 e. The monoisotopic (exact) mass is 255 g/mol. The first-order chi connectivity index (χ1) is 6.98. The van der Waals surface area contributed by atoms with Gasteiger partial charge in [-0.2, -0.15) is 0 Å². The van der Waals surface area contributed by atoms with Gasteiger partial charge in [-0.3, -0.25) is 4.79 Å². The average molecular weight is 256 g/mol. The van der Waals surface area contributed by atoms with E-state index >= 15 is 0 Å². The Morgan fingerprint density at radius 3 is 2.50 bits per heavy atom. The molecule has 0 aliphatic rings. The van der Waals surface area contributed by atoms with Crippen molar-refractivity contribution in [2.75, 3.05) is 0 Å². The van der Waals surface area contributed by atoms with E-state index in [1.54, 1.807) is 13.8 Å². The number of fused-ring (bicyclic) bond motifs is 1. The number of hydrogen-bond acceptors (Lipinski definition) is 3. The van der Waals surface area contributed by atoms with Crippen LogP contribution in [0.25, 0.3) is 10.1 Å². The number of Topliss-reactive ketones (excluding diaryl/α,β-unsaturated/α-hetero) is 1. The quantitative estimate of drug-likeness (QED) is 0.838. The van der Waals surface area contributed by atoms with E-state index in [-0.39, 0.29) is 18.2 Å². The fraction of sp³-hybridized carbons (Fsp3) is 0.250. The molecule has 16 heavy (non-hydrogen) atoms. The Balaban J connectivity index is 0.00000128. The third-order valence-corrected chi connectivity index (χ3v) is 3.35. The van der Waals surface area contributed by atoms with Crippen LogP contribution in [0.1, 0.15) is 23.5 Å². The topological polar surface area (TPSA) is 43.1 Å². The van der Waals surface area contributed by atoms with Crippen molar-refractivity contribution < 1.29 is 4.79 Å². The summed E-state index contributed by atoms with van der Waals surface area (Å²) in [6.45, 7) is 3.47. The van der Waals surface area contributed by atoms with Crippen LogP contribution in [0.3, 0.4) is 0 Å². The second kappa shape index (κ2) is 4.53. The van der Waals surface area contributed by atoms with Gasteiger partial charge in [0.1, 0.15) is 0 Å². The number of carbonyl (C=O) groups is 1. The molecule has 4 heteroatoms. The number of hydrogen-bond donors (Lipinski definition) is 1. The summed E-state index contributed by atoms with van der Waals surface area (Å²) in [6, 6.07) is 9.88. The van der Waals surface area contributed by atoms with Crippen molar-refractivity contribution in [3.63, 3.8) is 0 Å². The molecule has 0 saturated heterocycles. The summed E-state index contributed by atoms with van der Waals surface area (Å²) < 4.78 is 1.13. The number of benzene rings is 1. The Morgan fingerprint density at radius 1 is 1.31 bits per heavy atom. The van der Waals surface area contributed by atoms with E-state index in [2.05, 4.69) is 0 Å². The van der Waals surface area contributed by atoms with Crippen molar-refractivity contribution in [3.05, 3.63) is 35.2 Å². The Hall–Kier alpha value is -0.900. The van der Waals surface area contributed by atoms with Gasteiger partial charge in [-0.15, -0.1) is 23.7 Å². The fourth-order valence-electron chi connectivity index (χ4n) is 1.41. The zero-order chi connectivity index (χ0) is 11.1. The van der Waals surface area contributed by atoms with Crippen molar-refractivity contribution in [2.24, 2.45) is 5.73 Å². The highest BCUT2D eigenvalue weighted by Gasteiger charge is 2.24. The number of nitrogens with two attached hydrogens (primary N) is 1. The predicted octanol–water partition coefficient (Wildman–Crippen LogP) is 3.24. The molecule has 0 bridgehead atoms. The van der Waals surface area contributed by atoms with E-state index in [0.29, 0.717) is 0 Å². The molecule has 86 valence electrons. The van der Waals surface area contributed by atoms with Crippen LogP contribution in [0.4, 0.5) is 0 Å². The van der Waals surface area contributed by atoms with Gasteiger partial charge in [-0.1, -0.05) is 18.2 Å². The highest BCUT2D eigenvalue weighted by molar-refractivity contribution is 7.20. The smallest absolute Gasteiger partial charge is 0.191 e. The van der Waals surface area contributed by atoms with Gasteiger partial charge < -0.3 is 5.73 Å². The van der Waals surface area contributed by atoms with Crippen molar-refractivity contribution in [1.82, 2.24) is 0 Å². The van der Waals surface area contributed by atoms with Crippen LogP contribution in [0.2, 0.25) is 0 Å². The van der Waals surface area contributed by atoms with Gasteiger partial charge in [0.2, 0.25) is 0 Å². The normalized spacial score (nSPS) is 11.2. The van der Waals surface area contributed by atoms with Crippen LogP contribution in [0.5, 0.6) is 0 Å². The van der Waals surface area contributed by atoms with E-state index in [1.807, 2.05) is 30.3 Å². The molecule has 0 atom stereocenters. The Bertz CT molecular complexity index is 480. The van der Waals surface area contributed by atoms with Crippen LogP contribution in [-0.4, -0.2) is 11.3 Å². The summed E-state index contributed by atoms with van der Waals surface area (Å²) in [5.74, 6) is 0.00343. The molecule has 0 spiro atoms. The summed E-state index contributed by atoms with van der Waals surface area (Å²) in [5, 5.41) is 1.11. The first-order valence-corrected chi connectivity index (χ1v) is 5.62. The Labute approximate surface area is 105 Å². The van der Waals surface area contributed by atoms with Crippen molar-refractivity contribution in [2.45, 2.75) is 19.4 Å². The third-order valence-electron chi connectivity index (χ3n) is 2.23. The lowest BCUT2D eigenvalue weighted by atomic mass is 9.99. The Morgan fingerprint density at radius 2 is 1.94 bits per heavy atom. The second-order valence-electron chi connectivity index (χ2n) is 4.20. The van der Waals surface area contributed by atoms with Gasteiger partial charge in [-0.05, 0) is 31.4 Å². The SMILES string of the molecule is CC(C)(N)C(=O)c1cc2ccccc2s1.Cl. The molecule has 0 saturated carbocycles. The van der Waals surface area contributed by atoms with Crippen molar-refractivity contribution >= 4 is 39.6 Å². The number of carbonyl (C=O) groups excluding carboxylic acids is 1. The molecular formula is C12H14ClNOS. The van der Waals surface area contributed by atoms with E-state index in [1.165, 1.54) is 11.3 Å². The molecule has 2 aromatic rings. The Kier molecular flexibility index (Phi) is 3.73. The molecule has 0 fully saturated rings. The maximum absolute atomic E-state index is 11.9. The predicted molar refractivity (Wildman–Crippen MR) is 71.7 cm³/mol. The minimum absolute atomic E-state index is 0. The lowest BCUT2D eigenvalue weighted by molar-refractivity contribution is 0.0918. The molecule has 0 aliphatic heterocycles. The average Bonchev–Trinajstić information content (AvgIpc) is 2.58. The lowest BCUT2D eigenvalue weighted by Crippen LogP contribution is -2.41. The van der Waals surface area contributed by atoms with Crippen molar-refractivity contribution in [3.8, 4) is 0 Å². The zero-order valence-electron chi connectivity index (χ0n) is 9.19. The number of halogens is 1. The minimum atomic E-state index is -0.791. The van der Waals surface area contributed by atoms with E-state index in [4.69, 9.17) is 5.73 Å². The van der Waals surface area contributed by atoms with Gasteiger partial charge in [0, 0.05) is 4.70 Å². The van der Waals surface area contributed by atoms with Gasteiger partial charge in [0.15, 0.2) is 5.78 Å². The fourth-order valence-corrected chi connectivity index (χ4v) is 2.58. The maximum atomic E-state index is 11.9. The second-order valence-corrected chi connectivity index (χ2v) is 5.28. The van der Waals surface area contributed by atoms with Crippen LogP contribution in [0, 0.1) is 0 Å². The summed E-state index contributed by atoms with van der Waals surface area (Å²) in [4.78, 5) is 12.7. The van der Waals surface area contributed by atoms with Gasteiger partial charge >= 0.3 is 0 Å². The molecule has 0 aliphatic carbocycles. The number of rotatable bonds is 2. The number of ketones is 1. The standard InChI is InChI=1S/C12H13NOS.ClH/c1-12(2,13)11(14)10-7-8-5-3-4-6-9(8)15-10;/h3-7H,13H2,1-2H3;1H. The highest BCUT2D eigenvalue weighted by atomic mass is 35.5. The van der Waals surface area contributed by atoms with E-state index in [0.717, 1.165) is 15.0 Å². The summed E-state index contributed by atoms with van der Waals surface area (Å²) in [6.07, 6.45) is 0. The van der Waals surface area contributed by atoms with Crippen LogP contribution >= 0.6 is 23.7 Å². The first kappa shape index (κ1) is 13.2. The summed E-state index contributed by atoms with van der Waals surface area (Å²) in [5.41, 5.74) is 5.00. The molecule has 2 nitrogen and oxygen atoms in total. The van der Waals surface area contributed by atoms with E-state index in [9.17, 15) is 4.79 Å². The molecule has 1 aromatic heterocycles. The molecule has 1 heterocycles. The third kappa shape index (κ3) is 2.43. The van der Waals surface area contributed by atoms with Crippen LogP contribution in [-0.2, 0) is 0 Å². The van der Waals surface area contributed by atoms with Gasteiger partial charge in [0.25, 0.3) is 0 Å². The van der Waals surface area contributed by atoms with Crippen molar-refractivity contribution in [1.29, 1.82) is 0 Å². The van der Waals surface area contributed by atoms with Gasteiger partial charge in [-0.25, -0.2) is 0 Å². The van der Waals surface area contributed by atoms with E-state index < -0.39 is 5.54 Å². The van der Waals surface area contributed by atoms with Crippen LogP contribution < -0.4 is 5.73 Å². The van der Waals surface area contributed by atoms with Gasteiger partial charge in [0.05, 0.1) is 10.4 Å². The molecule has 0 unspecified atom stereocenters. The molecule has 0 radical (unpaired) electrons. The summed E-state index contributed by atoms with van der Waals surface area (Å²) >= 11 is 1.50. The molecule has 2 rings (SSSR count). The lowest BCUT2D eigenvalue weighted by Gasteiger charge is -2.14. The molecular weight excluding hydrogens is 242 g/mol. The molecule has 0 amide bonds. The number of thiophene rings is 1. The minimum Gasteiger partial charge on any atom is -0.319 e.